The van der Waals surface area contributed by atoms with Crippen LogP contribution in [0.15, 0.2) is 18.2 Å². The van der Waals surface area contributed by atoms with Crippen molar-refractivity contribution in [2.45, 2.75) is 65.4 Å². The van der Waals surface area contributed by atoms with Crippen LogP contribution in [0.3, 0.4) is 0 Å². The van der Waals surface area contributed by atoms with E-state index >= 15 is 0 Å². The zero-order valence-electron chi connectivity index (χ0n) is 12.7. The smallest absolute Gasteiger partial charge is 0.0608 e. The first-order chi connectivity index (χ1) is 9.11. The summed E-state index contributed by atoms with van der Waals surface area (Å²) < 4.78 is 0. The molecule has 1 aromatic rings. The molecule has 2 rings (SSSR count). The van der Waals surface area contributed by atoms with E-state index in [2.05, 4.69) is 39.0 Å². The zero-order valence-corrected chi connectivity index (χ0v) is 12.7. The van der Waals surface area contributed by atoms with Gasteiger partial charge in [0, 0.05) is 0 Å². The third-order valence-electron chi connectivity index (χ3n) is 5.07. The summed E-state index contributed by atoms with van der Waals surface area (Å²) >= 11 is 0. The number of aliphatic hydroxyl groups is 1. The summed E-state index contributed by atoms with van der Waals surface area (Å²) in [4.78, 5) is 0. The van der Waals surface area contributed by atoms with Crippen molar-refractivity contribution in [1.29, 1.82) is 0 Å². The molecule has 1 aliphatic rings. The van der Waals surface area contributed by atoms with Gasteiger partial charge in [0.25, 0.3) is 0 Å². The van der Waals surface area contributed by atoms with E-state index in [1.807, 2.05) is 0 Å². The number of rotatable bonds is 4. The molecule has 1 heteroatoms. The molecule has 1 N–H and O–H groups in total. The van der Waals surface area contributed by atoms with E-state index in [0.717, 1.165) is 12.3 Å². The number of benzene rings is 1. The molecule has 0 spiro atoms. The second kappa shape index (κ2) is 6.56. The fourth-order valence-corrected chi connectivity index (χ4v) is 3.53. The van der Waals surface area contributed by atoms with Gasteiger partial charge in [-0.25, -0.2) is 0 Å². The van der Waals surface area contributed by atoms with Gasteiger partial charge in [-0.2, -0.15) is 0 Å². The van der Waals surface area contributed by atoms with Crippen LogP contribution in [-0.2, 0) is 6.42 Å². The lowest BCUT2D eigenvalue weighted by Gasteiger charge is -2.31. The van der Waals surface area contributed by atoms with Crippen LogP contribution in [0.1, 0.15) is 55.7 Å². The van der Waals surface area contributed by atoms with E-state index in [-0.39, 0.29) is 6.10 Å². The highest BCUT2D eigenvalue weighted by Gasteiger charge is 2.26. The molecule has 1 fully saturated rings. The molecular formula is C18H28O. The Bertz CT molecular complexity index is 382. The minimum Gasteiger partial charge on any atom is -0.392 e. The lowest BCUT2D eigenvalue weighted by molar-refractivity contribution is 0.0733. The molecule has 0 bridgehead atoms. The molecule has 0 heterocycles. The van der Waals surface area contributed by atoms with Crippen LogP contribution in [0, 0.1) is 25.7 Å². The minimum absolute atomic E-state index is 0.155. The molecule has 1 unspecified atom stereocenters. The van der Waals surface area contributed by atoms with E-state index in [0.29, 0.717) is 5.92 Å². The monoisotopic (exact) mass is 260 g/mol. The predicted octanol–water partition coefficient (Wildman–Crippen LogP) is 4.42. The van der Waals surface area contributed by atoms with Crippen molar-refractivity contribution in [2.24, 2.45) is 11.8 Å². The topological polar surface area (TPSA) is 20.2 Å². The van der Waals surface area contributed by atoms with Gasteiger partial charge in [-0.3, -0.25) is 0 Å². The Labute approximate surface area is 118 Å². The van der Waals surface area contributed by atoms with E-state index in [9.17, 15) is 5.11 Å². The SMILES string of the molecule is CCC1CCC(C(O)Cc2c(C)cccc2C)CC1. The van der Waals surface area contributed by atoms with E-state index in [1.54, 1.807) is 0 Å². The fourth-order valence-electron chi connectivity index (χ4n) is 3.53. The molecule has 0 radical (unpaired) electrons. The Hall–Kier alpha value is -0.820. The van der Waals surface area contributed by atoms with Crippen molar-refractivity contribution in [2.75, 3.05) is 0 Å². The van der Waals surface area contributed by atoms with Crippen LogP contribution in [0.5, 0.6) is 0 Å². The lowest BCUT2D eigenvalue weighted by atomic mass is 9.77. The second-order valence-corrected chi connectivity index (χ2v) is 6.33. The Balaban J connectivity index is 1.96. The van der Waals surface area contributed by atoms with Gasteiger partial charge in [0.1, 0.15) is 0 Å². The molecule has 0 amide bonds. The largest absolute Gasteiger partial charge is 0.392 e. The van der Waals surface area contributed by atoms with Gasteiger partial charge >= 0.3 is 0 Å². The number of aliphatic hydroxyl groups excluding tert-OH is 1. The quantitative estimate of drug-likeness (QED) is 0.849. The standard InChI is InChI=1S/C18H28O/c1-4-15-8-10-16(11-9-15)18(19)12-17-13(2)6-5-7-14(17)3/h5-7,15-16,18-19H,4,8-12H2,1-3H3. The number of hydrogen-bond acceptors (Lipinski definition) is 1. The van der Waals surface area contributed by atoms with Gasteiger partial charge in [-0.1, -0.05) is 44.4 Å². The van der Waals surface area contributed by atoms with Crippen molar-refractivity contribution in [3.63, 3.8) is 0 Å². The summed E-state index contributed by atoms with van der Waals surface area (Å²) in [5, 5.41) is 10.5. The molecule has 1 aliphatic carbocycles. The molecule has 1 aromatic carbocycles. The van der Waals surface area contributed by atoms with Crippen molar-refractivity contribution in [1.82, 2.24) is 0 Å². The van der Waals surface area contributed by atoms with Gasteiger partial charge in [0.15, 0.2) is 0 Å². The van der Waals surface area contributed by atoms with Gasteiger partial charge < -0.3 is 5.11 Å². The molecule has 0 saturated heterocycles. The summed E-state index contributed by atoms with van der Waals surface area (Å²) in [7, 11) is 0. The molecule has 0 aliphatic heterocycles. The first-order valence-corrected chi connectivity index (χ1v) is 7.85. The normalized spacial score (nSPS) is 25.3. The Morgan fingerprint density at radius 3 is 2.21 bits per heavy atom. The van der Waals surface area contributed by atoms with Crippen molar-refractivity contribution in [3.05, 3.63) is 34.9 Å². The molecule has 1 saturated carbocycles. The summed E-state index contributed by atoms with van der Waals surface area (Å²) in [5.74, 6) is 1.42. The summed E-state index contributed by atoms with van der Waals surface area (Å²) in [6, 6.07) is 6.42. The summed E-state index contributed by atoms with van der Waals surface area (Å²) in [5.41, 5.74) is 4.00. The fraction of sp³-hybridized carbons (Fsp3) is 0.667. The van der Waals surface area contributed by atoms with Crippen LogP contribution >= 0.6 is 0 Å². The Kier molecular flexibility index (Phi) is 5.04. The Morgan fingerprint density at radius 1 is 1.11 bits per heavy atom. The van der Waals surface area contributed by atoms with Gasteiger partial charge in [0.2, 0.25) is 0 Å². The maximum Gasteiger partial charge on any atom is 0.0608 e. The molecular weight excluding hydrogens is 232 g/mol. The molecule has 19 heavy (non-hydrogen) atoms. The molecule has 1 nitrogen and oxygen atoms in total. The molecule has 1 atom stereocenters. The summed E-state index contributed by atoms with van der Waals surface area (Å²) in [6.45, 7) is 6.60. The van der Waals surface area contributed by atoms with Crippen LogP contribution in [-0.4, -0.2) is 11.2 Å². The highest BCUT2D eigenvalue weighted by atomic mass is 16.3. The van der Waals surface area contributed by atoms with Crippen LogP contribution in [0.2, 0.25) is 0 Å². The third-order valence-corrected chi connectivity index (χ3v) is 5.07. The maximum absolute atomic E-state index is 10.5. The Morgan fingerprint density at radius 2 is 1.68 bits per heavy atom. The minimum atomic E-state index is -0.155. The van der Waals surface area contributed by atoms with E-state index in [1.165, 1.54) is 48.8 Å². The van der Waals surface area contributed by atoms with Gasteiger partial charge in [-0.05, 0) is 61.6 Å². The van der Waals surface area contributed by atoms with E-state index in [4.69, 9.17) is 0 Å². The number of aryl methyl sites for hydroxylation is 2. The maximum atomic E-state index is 10.5. The van der Waals surface area contributed by atoms with E-state index < -0.39 is 0 Å². The van der Waals surface area contributed by atoms with Crippen LogP contribution in [0.25, 0.3) is 0 Å². The first-order valence-electron chi connectivity index (χ1n) is 7.85. The second-order valence-electron chi connectivity index (χ2n) is 6.33. The zero-order chi connectivity index (χ0) is 13.8. The highest BCUT2D eigenvalue weighted by molar-refractivity contribution is 5.34. The first kappa shape index (κ1) is 14.6. The van der Waals surface area contributed by atoms with Crippen molar-refractivity contribution < 1.29 is 5.11 Å². The summed E-state index contributed by atoms with van der Waals surface area (Å²) in [6.07, 6.45) is 7.03. The molecule has 106 valence electrons. The predicted molar refractivity (Wildman–Crippen MR) is 81.4 cm³/mol. The average molecular weight is 260 g/mol. The van der Waals surface area contributed by atoms with Gasteiger partial charge in [-0.15, -0.1) is 0 Å². The van der Waals surface area contributed by atoms with Crippen LogP contribution in [0.4, 0.5) is 0 Å². The van der Waals surface area contributed by atoms with Crippen LogP contribution < -0.4 is 0 Å². The van der Waals surface area contributed by atoms with Crippen molar-refractivity contribution >= 4 is 0 Å². The van der Waals surface area contributed by atoms with Crippen molar-refractivity contribution in [3.8, 4) is 0 Å². The average Bonchev–Trinajstić information content (AvgIpc) is 2.43. The highest BCUT2D eigenvalue weighted by Crippen LogP contribution is 2.33. The van der Waals surface area contributed by atoms with Gasteiger partial charge in [0.05, 0.1) is 6.10 Å². The molecule has 0 aromatic heterocycles. The lowest BCUT2D eigenvalue weighted by Crippen LogP contribution is -2.27. The third kappa shape index (κ3) is 3.60. The number of hydrogen-bond donors (Lipinski definition) is 1.